The van der Waals surface area contributed by atoms with Crippen LogP contribution in [0, 0.1) is 0 Å². The quantitative estimate of drug-likeness (QED) is 0.713. The first kappa shape index (κ1) is 16.1. The smallest absolute Gasteiger partial charge is 0.324 e. The Morgan fingerprint density at radius 2 is 2.04 bits per heavy atom. The van der Waals surface area contributed by atoms with Crippen molar-refractivity contribution in [2.45, 2.75) is 6.54 Å². The van der Waals surface area contributed by atoms with Gasteiger partial charge in [0, 0.05) is 56.2 Å². The first-order valence-corrected chi connectivity index (χ1v) is 8.60. The van der Waals surface area contributed by atoms with E-state index < -0.39 is 0 Å². The van der Waals surface area contributed by atoms with Gasteiger partial charge in [0.25, 0.3) is 0 Å². The summed E-state index contributed by atoms with van der Waals surface area (Å²) in [4.78, 5) is 13.4. The molecule has 0 aliphatic carbocycles. The Hall–Kier alpha value is -2.38. The molecule has 0 radical (unpaired) electrons. The van der Waals surface area contributed by atoms with Gasteiger partial charge >= 0.3 is 6.01 Å². The molecule has 1 aromatic carbocycles. The van der Waals surface area contributed by atoms with Crippen molar-refractivity contribution in [3.05, 3.63) is 47.5 Å². The summed E-state index contributed by atoms with van der Waals surface area (Å²) in [6.07, 6.45) is 3.81. The van der Waals surface area contributed by atoms with E-state index in [0.717, 1.165) is 44.1 Å². The number of nitrogens with zero attached hydrogens (tertiary/aromatic N) is 6. The summed E-state index contributed by atoms with van der Waals surface area (Å²) in [5, 5.41) is 4.74. The average molecular weight is 359 g/mol. The van der Waals surface area contributed by atoms with E-state index in [1.807, 2.05) is 43.7 Å². The molecule has 4 rings (SSSR count). The number of hydrogen-bond donors (Lipinski definition) is 0. The normalized spacial score (nSPS) is 15.7. The number of rotatable bonds is 4. The Morgan fingerprint density at radius 1 is 1.20 bits per heavy atom. The third-order valence-corrected chi connectivity index (χ3v) is 4.66. The molecule has 7 nitrogen and oxygen atoms in total. The van der Waals surface area contributed by atoms with Crippen LogP contribution in [0.4, 0.5) is 6.01 Å². The van der Waals surface area contributed by atoms with Crippen molar-refractivity contribution < 1.29 is 4.52 Å². The van der Waals surface area contributed by atoms with E-state index in [1.165, 1.54) is 0 Å². The topological polar surface area (TPSA) is 63.2 Å². The van der Waals surface area contributed by atoms with E-state index in [4.69, 9.17) is 16.1 Å². The standard InChI is InChI=1S/C17H19ClN6O/c1-22-6-5-19-15(22)12-23-7-9-24(10-8-23)17-20-16(21-25-17)13-3-2-4-14(18)11-13/h2-6,11H,7-10,12H2,1H3. The molecule has 3 aromatic rings. The fourth-order valence-corrected chi connectivity index (χ4v) is 3.13. The largest absolute Gasteiger partial charge is 0.337 e. The van der Waals surface area contributed by atoms with Crippen molar-refractivity contribution in [1.29, 1.82) is 0 Å². The highest BCUT2D eigenvalue weighted by molar-refractivity contribution is 6.30. The third kappa shape index (κ3) is 3.52. The summed E-state index contributed by atoms with van der Waals surface area (Å²) in [5.41, 5.74) is 0.857. The fourth-order valence-electron chi connectivity index (χ4n) is 2.93. The second-order valence-electron chi connectivity index (χ2n) is 6.13. The minimum Gasteiger partial charge on any atom is -0.337 e. The van der Waals surface area contributed by atoms with Crippen LogP contribution < -0.4 is 4.90 Å². The third-order valence-electron chi connectivity index (χ3n) is 4.43. The zero-order valence-corrected chi connectivity index (χ0v) is 14.7. The van der Waals surface area contributed by atoms with Crippen LogP contribution >= 0.6 is 11.6 Å². The van der Waals surface area contributed by atoms with Crippen molar-refractivity contribution in [1.82, 2.24) is 24.6 Å². The Kier molecular flexibility index (Phi) is 4.42. The lowest BCUT2D eigenvalue weighted by Crippen LogP contribution is -2.46. The Bertz CT molecular complexity index is 852. The molecule has 8 heteroatoms. The molecule has 0 bridgehead atoms. The summed E-state index contributed by atoms with van der Waals surface area (Å²) >= 11 is 6.03. The van der Waals surface area contributed by atoms with Gasteiger partial charge in [0.1, 0.15) is 5.82 Å². The molecular formula is C17H19ClN6O. The number of anilines is 1. The van der Waals surface area contributed by atoms with Crippen LogP contribution in [0.3, 0.4) is 0 Å². The second kappa shape index (κ2) is 6.85. The molecule has 130 valence electrons. The van der Waals surface area contributed by atoms with Gasteiger partial charge in [0.05, 0.1) is 6.54 Å². The number of benzene rings is 1. The lowest BCUT2D eigenvalue weighted by molar-refractivity contribution is 0.235. The fraction of sp³-hybridized carbons (Fsp3) is 0.353. The molecule has 1 fully saturated rings. The maximum absolute atomic E-state index is 6.03. The lowest BCUT2D eigenvalue weighted by Gasteiger charge is -2.33. The van der Waals surface area contributed by atoms with Crippen molar-refractivity contribution >= 4 is 17.6 Å². The Balaban J connectivity index is 1.39. The molecule has 0 amide bonds. The van der Waals surface area contributed by atoms with Crippen molar-refractivity contribution in [2.75, 3.05) is 31.1 Å². The predicted molar refractivity (Wildman–Crippen MR) is 95.4 cm³/mol. The first-order valence-electron chi connectivity index (χ1n) is 8.22. The highest BCUT2D eigenvalue weighted by Gasteiger charge is 2.22. The molecule has 0 saturated carbocycles. The molecule has 3 heterocycles. The minimum absolute atomic E-state index is 0.562. The summed E-state index contributed by atoms with van der Waals surface area (Å²) in [6, 6.07) is 8.02. The molecule has 25 heavy (non-hydrogen) atoms. The van der Waals surface area contributed by atoms with E-state index in [0.29, 0.717) is 16.9 Å². The number of aromatic nitrogens is 4. The minimum atomic E-state index is 0.562. The molecule has 1 aliphatic heterocycles. The number of hydrogen-bond acceptors (Lipinski definition) is 6. The molecule has 0 spiro atoms. The monoisotopic (exact) mass is 358 g/mol. The number of imidazole rings is 1. The van der Waals surface area contributed by atoms with Crippen LogP contribution in [0.1, 0.15) is 5.82 Å². The lowest BCUT2D eigenvalue weighted by atomic mass is 10.2. The van der Waals surface area contributed by atoms with E-state index in [9.17, 15) is 0 Å². The van der Waals surface area contributed by atoms with Gasteiger partial charge in [-0.05, 0) is 12.1 Å². The van der Waals surface area contributed by atoms with E-state index in [2.05, 4.69) is 29.5 Å². The Labute approximate surface area is 150 Å². The number of aryl methyl sites for hydroxylation is 1. The molecule has 1 aliphatic rings. The molecule has 0 atom stereocenters. The molecular weight excluding hydrogens is 340 g/mol. The summed E-state index contributed by atoms with van der Waals surface area (Å²) in [7, 11) is 2.02. The highest BCUT2D eigenvalue weighted by atomic mass is 35.5. The van der Waals surface area contributed by atoms with Crippen molar-refractivity contribution in [2.24, 2.45) is 7.05 Å². The van der Waals surface area contributed by atoms with Crippen molar-refractivity contribution in [3.63, 3.8) is 0 Å². The zero-order valence-electron chi connectivity index (χ0n) is 14.0. The summed E-state index contributed by atoms with van der Waals surface area (Å²) in [6.45, 7) is 4.42. The molecule has 0 unspecified atom stereocenters. The van der Waals surface area contributed by atoms with Gasteiger partial charge in [0.2, 0.25) is 5.82 Å². The Morgan fingerprint density at radius 3 is 2.76 bits per heavy atom. The second-order valence-corrected chi connectivity index (χ2v) is 6.56. The van der Waals surface area contributed by atoms with E-state index in [-0.39, 0.29) is 0 Å². The summed E-state index contributed by atoms with van der Waals surface area (Å²) < 4.78 is 7.50. The van der Waals surface area contributed by atoms with Crippen LogP contribution in [-0.4, -0.2) is 50.8 Å². The SMILES string of the molecule is Cn1ccnc1CN1CCN(c2nc(-c3cccc(Cl)c3)no2)CC1. The van der Waals surface area contributed by atoms with Crippen LogP contribution in [-0.2, 0) is 13.6 Å². The van der Waals surface area contributed by atoms with Gasteiger partial charge in [-0.2, -0.15) is 4.98 Å². The maximum Gasteiger partial charge on any atom is 0.324 e. The van der Waals surface area contributed by atoms with Crippen LogP contribution in [0.15, 0.2) is 41.2 Å². The maximum atomic E-state index is 6.03. The number of halogens is 1. The molecule has 2 aromatic heterocycles. The van der Waals surface area contributed by atoms with E-state index >= 15 is 0 Å². The van der Waals surface area contributed by atoms with Crippen LogP contribution in [0.5, 0.6) is 0 Å². The van der Waals surface area contributed by atoms with Gasteiger partial charge in [-0.3, -0.25) is 4.90 Å². The zero-order chi connectivity index (χ0) is 17.2. The van der Waals surface area contributed by atoms with E-state index in [1.54, 1.807) is 0 Å². The van der Waals surface area contributed by atoms with Gasteiger partial charge < -0.3 is 14.0 Å². The number of piperazine rings is 1. The van der Waals surface area contributed by atoms with Crippen LogP contribution in [0.2, 0.25) is 5.02 Å². The molecule has 0 N–H and O–H groups in total. The summed E-state index contributed by atoms with van der Waals surface area (Å²) in [5.74, 6) is 1.64. The first-order chi connectivity index (χ1) is 12.2. The van der Waals surface area contributed by atoms with Gasteiger partial charge in [-0.1, -0.05) is 28.9 Å². The van der Waals surface area contributed by atoms with Crippen molar-refractivity contribution in [3.8, 4) is 11.4 Å². The van der Waals surface area contributed by atoms with Gasteiger partial charge in [-0.25, -0.2) is 4.98 Å². The van der Waals surface area contributed by atoms with Gasteiger partial charge in [-0.15, -0.1) is 0 Å². The van der Waals surface area contributed by atoms with Crippen LogP contribution in [0.25, 0.3) is 11.4 Å². The average Bonchev–Trinajstić information content (AvgIpc) is 3.26. The predicted octanol–water partition coefficient (Wildman–Crippen LogP) is 2.45. The highest BCUT2D eigenvalue weighted by Crippen LogP contribution is 2.23. The molecule has 1 saturated heterocycles. The van der Waals surface area contributed by atoms with Gasteiger partial charge in [0.15, 0.2) is 0 Å².